The highest BCUT2D eigenvalue weighted by Crippen LogP contribution is 2.26. The molecule has 1 aliphatic heterocycles. The fourth-order valence-corrected chi connectivity index (χ4v) is 8.69. The summed E-state index contributed by atoms with van der Waals surface area (Å²) >= 11 is 0. The van der Waals surface area contributed by atoms with Crippen molar-refractivity contribution in [3.05, 3.63) is 109 Å². The molecule has 1 rings (SSSR count). The van der Waals surface area contributed by atoms with Crippen LogP contribution in [0.3, 0.4) is 0 Å². The third-order valence-corrected chi connectivity index (χ3v) is 13.4. The van der Waals surface area contributed by atoms with Crippen molar-refractivity contribution >= 4 is 11.9 Å². The van der Waals surface area contributed by atoms with Crippen molar-refractivity contribution < 1.29 is 49.3 Å². The van der Waals surface area contributed by atoms with Crippen molar-refractivity contribution in [1.29, 1.82) is 0 Å². The highest BCUT2D eigenvalue weighted by Gasteiger charge is 2.47. The first-order valence-corrected chi connectivity index (χ1v) is 30.2. The predicted molar refractivity (Wildman–Crippen MR) is 315 cm³/mol. The van der Waals surface area contributed by atoms with Gasteiger partial charge in [-0.15, -0.1) is 0 Å². The topological polar surface area (TPSA) is 175 Å². The molecule has 0 spiro atoms. The third kappa shape index (κ3) is 39.6. The first-order chi connectivity index (χ1) is 37.2. The van der Waals surface area contributed by atoms with Crippen LogP contribution in [0, 0.1) is 0 Å². The van der Waals surface area contributed by atoms with Crippen LogP contribution in [0.2, 0.25) is 0 Å². The molecule has 11 heteroatoms. The molecule has 11 nitrogen and oxygen atoms in total. The van der Waals surface area contributed by atoms with Gasteiger partial charge in [-0.25, -0.2) is 0 Å². The summed E-state index contributed by atoms with van der Waals surface area (Å²) in [5, 5.41) is 56.9. The molecule has 1 fully saturated rings. The smallest absolute Gasteiger partial charge is 0.306 e. The maximum absolute atomic E-state index is 13.4. The van der Waals surface area contributed by atoms with Gasteiger partial charge in [-0.3, -0.25) is 9.59 Å². The molecule has 8 unspecified atom stereocenters. The highest BCUT2D eigenvalue weighted by atomic mass is 16.7. The summed E-state index contributed by atoms with van der Waals surface area (Å²) in [6.45, 7) is 5.52. The molecule has 0 aromatic rings. The number of aliphatic hydroxyl groups is 5. The Bertz CT molecular complexity index is 1650. The van der Waals surface area contributed by atoms with Crippen LogP contribution in [0.25, 0.3) is 0 Å². The molecular formula is C65H109NO10. The number of ether oxygens (including phenoxy) is 3. The van der Waals surface area contributed by atoms with Crippen molar-refractivity contribution in [2.45, 2.75) is 275 Å². The van der Waals surface area contributed by atoms with E-state index in [1.807, 2.05) is 6.08 Å². The predicted octanol–water partition coefficient (Wildman–Crippen LogP) is 14.1. The fourth-order valence-electron chi connectivity index (χ4n) is 8.69. The van der Waals surface area contributed by atoms with Crippen molar-refractivity contribution in [3.8, 4) is 0 Å². The van der Waals surface area contributed by atoms with E-state index in [-0.39, 0.29) is 19.4 Å². The number of aliphatic hydroxyl groups excluding tert-OH is 5. The number of unbranched alkanes of at least 4 members (excludes halogenated alkanes) is 19. The lowest BCUT2D eigenvalue weighted by Crippen LogP contribution is -2.61. The fraction of sp³-hybridized carbons (Fsp3) is 0.692. The number of carbonyl (C=O) groups is 2. The molecule has 0 aliphatic carbocycles. The maximum Gasteiger partial charge on any atom is 0.306 e. The summed E-state index contributed by atoms with van der Waals surface area (Å²) < 4.78 is 17.6. The first kappa shape index (κ1) is 70.3. The quantitative estimate of drug-likeness (QED) is 0.0195. The van der Waals surface area contributed by atoms with Crippen LogP contribution >= 0.6 is 0 Å². The van der Waals surface area contributed by atoms with E-state index in [1.54, 1.807) is 6.08 Å². The van der Waals surface area contributed by atoms with Crippen LogP contribution in [0.4, 0.5) is 0 Å². The molecule has 1 amide bonds. The zero-order chi connectivity index (χ0) is 55.4. The third-order valence-electron chi connectivity index (χ3n) is 13.4. The Morgan fingerprint density at radius 3 is 1.42 bits per heavy atom. The number of hydrogen-bond acceptors (Lipinski definition) is 10. The van der Waals surface area contributed by atoms with Gasteiger partial charge < -0.3 is 45.1 Å². The van der Waals surface area contributed by atoms with Gasteiger partial charge in [0.05, 0.1) is 25.4 Å². The summed E-state index contributed by atoms with van der Waals surface area (Å²) in [6, 6.07) is -1.05. The standard InChI is InChI=1S/C65H109NO10/c1-4-7-10-13-16-19-22-25-27-28-29-30-31-32-34-37-40-43-46-49-52-58(69)64(73)66-56(57(68)51-48-45-42-39-36-33-24-21-18-15-12-9-6-3)55-74-65-63(62(72)61(71)59(54-67)75-65)76-60(70)53-50-47-44-41-38-35-26-23-20-17-14-11-8-5-2/h7-8,10-11,16-17,19-20,25-27,29-30,32,34-35,48,51,56-59,61-63,65,67-69,71-72H,4-6,9,12-15,18,21-24,28,31,33,36-47,49-50,52-55H2,1-3H3,(H,66,73)/b10-7-,11-8+,19-16-,20-17+,27-25-,30-29-,34-32-,35-26+,51-48+. The molecular weight excluding hydrogens is 955 g/mol. The molecule has 0 aromatic carbocycles. The van der Waals surface area contributed by atoms with Crippen molar-refractivity contribution in [2.75, 3.05) is 13.2 Å². The molecule has 8 atom stereocenters. The number of esters is 1. The van der Waals surface area contributed by atoms with Gasteiger partial charge >= 0.3 is 5.97 Å². The molecule has 76 heavy (non-hydrogen) atoms. The van der Waals surface area contributed by atoms with E-state index in [9.17, 15) is 35.1 Å². The van der Waals surface area contributed by atoms with Crippen LogP contribution < -0.4 is 5.32 Å². The Kier molecular flexibility index (Phi) is 48.2. The van der Waals surface area contributed by atoms with E-state index < -0.39 is 67.4 Å². The minimum Gasteiger partial charge on any atom is -0.454 e. The Balaban J connectivity index is 2.74. The minimum atomic E-state index is -1.63. The maximum atomic E-state index is 13.4. The molecule has 0 bridgehead atoms. The average Bonchev–Trinajstić information content (AvgIpc) is 3.42. The summed E-state index contributed by atoms with van der Waals surface area (Å²) in [5.41, 5.74) is 0. The highest BCUT2D eigenvalue weighted by molar-refractivity contribution is 5.80. The van der Waals surface area contributed by atoms with E-state index in [0.717, 1.165) is 128 Å². The lowest BCUT2D eigenvalue weighted by molar-refractivity contribution is -0.305. The Labute approximate surface area is 462 Å². The van der Waals surface area contributed by atoms with Gasteiger partial charge in [-0.05, 0) is 103 Å². The summed E-state index contributed by atoms with van der Waals surface area (Å²) in [7, 11) is 0. The summed E-state index contributed by atoms with van der Waals surface area (Å²) in [5.74, 6) is -1.25. The zero-order valence-corrected chi connectivity index (χ0v) is 47.8. The van der Waals surface area contributed by atoms with Gasteiger partial charge in [0.1, 0.15) is 24.4 Å². The van der Waals surface area contributed by atoms with Crippen molar-refractivity contribution in [2.24, 2.45) is 0 Å². The van der Waals surface area contributed by atoms with Gasteiger partial charge in [0.15, 0.2) is 12.4 Å². The minimum absolute atomic E-state index is 0.0894. The Morgan fingerprint density at radius 1 is 0.526 bits per heavy atom. The number of carbonyl (C=O) groups excluding carboxylic acids is 2. The van der Waals surface area contributed by atoms with E-state index in [2.05, 4.69) is 123 Å². The van der Waals surface area contributed by atoms with Crippen LogP contribution in [0.15, 0.2) is 109 Å². The Hall–Kier alpha value is -3.68. The van der Waals surface area contributed by atoms with Gasteiger partial charge in [0, 0.05) is 6.42 Å². The molecule has 1 aliphatic rings. The number of allylic oxidation sites excluding steroid dienone is 17. The lowest BCUT2D eigenvalue weighted by atomic mass is 9.99. The number of nitrogens with one attached hydrogen (secondary N) is 1. The van der Waals surface area contributed by atoms with Crippen molar-refractivity contribution in [1.82, 2.24) is 5.32 Å². The zero-order valence-electron chi connectivity index (χ0n) is 47.8. The summed E-state index contributed by atoms with van der Waals surface area (Å²) in [4.78, 5) is 26.5. The van der Waals surface area contributed by atoms with Crippen LogP contribution in [-0.2, 0) is 23.8 Å². The van der Waals surface area contributed by atoms with Crippen LogP contribution in [0.5, 0.6) is 0 Å². The molecule has 434 valence electrons. The normalized spacial score (nSPS) is 19.9. The second-order valence-corrected chi connectivity index (χ2v) is 20.3. The monoisotopic (exact) mass is 1060 g/mol. The van der Waals surface area contributed by atoms with E-state index in [1.165, 1.54) is 51.4 Å². The number of hydrogen-bond donors (Lipinski definition) is 6. The second-order valence-electron chi connectivity index (χ2n) is 20.3. The number of rotatable bonds is 49. The van der Waals surface area contributed by atoms with Gasteiger partial charge in [-0.1, -0.05) is 226 Å². The Morgan fingerprint density at radius 2 is 0.947 bits per heavy atom. The van der Waals surface area contributed by atoms with Gasteiger partial charge in [0.25, 0.3) is 0 Å². The molecule has 1 heterocycles. The molecule has 0 radical (unpaired) electrons. The second kappa shape index (κ2) is 52.0. The van der Waals surface area contributed by atoms with E-state index in [0.29, 0.717) is 12.8 Å². The summed E-state index contributed by atoms with van der Waals surface area (Å²) in [6.07, 6.45) is 59.8. The van der Waals surface area contributed by atoms with Crippen LogP contribution in [0.1, 0.15) is 226 Å². The van der Waals surface area contributed by atoms with Crippen molar-refractivity contribution in [3.63, 3.8) is 0 Å². The number of amides is 1. The first-order valence-electron chi connectivity index (χ1n) is 30.2. The molecule has 0 saturated carbocycles. The average molecular weight is 1060 g/mol. The van der Waals surface area contributed by atoms with E-state index >= 15 is 0 Å². The SMILES string of the molecule is CC/C=C\C/C=C\C/C=C\C/C=C\C/C=C\CCCCCCC(O)C(=O)NC(COC1OC(CO)C(O)C(O)C1OC(=O)CCCCCC/C=C/C/C=C/C/C=C/CC)C(O)/C=C/CCCCCCCCCCCCC. The largest absolute Gasteiger partial charge is 0.454 e. The molecule has 6 N–H and O–H groups in total. The van der Waals surface area contributed by atoms with Gasteiger partial charge in [-0.2, -0.15) is 0 Å². The van der Waals surface area contributed by atoms with E-state index in [4.69, 9.17) is 14.2 Å². The van der Waals surface area contributed by atoms with Crippen LogP contribution in [-0.4, -0.2) is 99.6 Å². The molecule has 0 aromatic heterocycles. The van der Waals surface area contributed by atoms with Gasteiger partial charge in [0.2, 0.25) is 5.91 Å². The lowest BCUT2D eigenvalue weighted by Gasteiger charge is -2.41. The molecule has 1 saturated heterocycles.